The molecule has 0 unspecified atom stereocenters. The molecule has 33 heavy (non-hydrogen) atoms. The number of benzene rings is 2. The molecule has 0 saturated heterocycles. The van der Waals surface area contributed by atoms with Crippen LogP contribution < -0.4 is 9.47 Å². The van der Waals surface area contributed by atoms with Gasteiger partial charge in [0, 0.05) is 12.0 Å². The maximum atomic E-state index is 12.7. The van der Waals surface area contributed by atoms with E-state index in [0.717, 1.165) is 46.7 Å². The Morgan fingerprint density at radius 1 is 1.03 bits per heavy atom. The third-order valence-electron chi connectivity index (χ3n) is 5.10. The Bertz CT molecular complexity index is 1110. The SMILES string of the molecule is Cc1cc(OCCCCl)c(C)c(C)c1OCc1coc(/C=C/c2ccc(C(F)(F)F)cc2)n1. The maximum absolute atomic E-state index is 12.7. The molecule has 0 aliphatic rings. The lowest BCUT2D eigenvalue weighted by Gasteiger charge is -2.17. The van der Waals surface area contributed by atoms with Crippen molar-refractivity contribution in [1.29, 1.82) is 0 Å². The first-order chi connectivity index (χ1) is 15.7. The van der Waals surface area contributed by atoms with Crippen LogP contribution in [0, 0.1) is 20.8 Å². The summed E-state index contributed by atoms with van der Waals surface area (Å²) in [4.78, 5) is 4.35. The van der Waals surface area contributed by atoms with Crippen molar-refractivity contribution in [2.45, 2.75) is 40.0 Å². The lowest BCUT2D eigenvalue weighted by atomic mass is 10.0. The predicted molar refractivity (Wildman–Crippen MR) is 123 cm³/mol. The van der Waals surface area contributed by atoms with Gasteiger partial charge in [0.25, 0.3) is 0 Å². The van der Waals surface area contributed by atoms with E-state index in [4.69, 9.17) is 25.5 Å². The molecule has 0 spiro atoms. The van der Waals surface area contributed by atoms with Crippen molar-refractivity contribution >= 4 is 23.8 Å². The second kappa shape index (κ2) is 10.8. The highest BCUT2D eigenvalue weighted by Gasteiger charge is 2.29. The Hall–Kier alpha value is -2.93. The molecule has 1 aromatic heterocycles. The first kappa shape index (κ1) is 24.7. The van der Waals surface area contributed by atoms with E-state index < -0.39 is 11.7 Å². The third kappa shape index (κ3) is 6.54. The molecule has 0 radical (unpaired) electrons. The van der Waals surface area contributed by atoms with Gasteiger partial charge in [-0.3, -0.25) is 0 Å². The summed E-state index contributed by atoms with van der Waals surface area (Å²) in [6, 6.07) is 6.81. The van der Waals surface area contributed by atoms with Crippen LogP contribution in [0.15, 0.2) is 41.0 Å². The summed E-state index contributed by atoms with van der Waals surface area (Å²) in [7, 11) is 0. The average molecular weight is 480 g/mol. The summed E-state index contributed by atoms with van der Waals surface area (Å²) in [5.74, 6) is 2.47. The van der Waals surface area contributed by atoms with E-state index >= 15 is 0 Å². The molecular formula is C25H25ClF3NO3. The van der Waals surface area contributed by atoms with Gasteiger partial charge in [0.05, 0.1) is 12.2 Å². The van der Waals surface area contributed by atoms with Gasteiger partial charge in [-0.15, -0.1) is 11.6 Å². The van der Waals surface area contributed by atoms with Gasteiger partial charge in [-0.2, -0.15) is 13.2 Å². The minimum atomic E-state index is -4.35. The van der Waals surface area contributed by atoms with Gasteiger partial charge in [-0.05, 0) is 73.7 Å². The maximum Gasteiger partial charge on any atom is 0.416 e. The molecule has 0 N–H and O–H groups in total. The number of aromatic nitrogens is 1. The van der Waals surface area contributed by atoms with E-state index in [0.29, 0.717) is 29.6 Å². The first-order valence-electron chi connectivity index (χ1n) is 10.4. The van der Waals surface area contributed by atoms with Crippen molar-refractivity contribution in [3.05, 3.63) is 76.0 Å². The van der Waals surface area contributed by atoms with E-state index in [1.54, 1.807) is 12.2 Å². The zero-order valence-electron chi connectivity index (χ0n) is 18.6. The Morgan fingerprint density at radius 3 is 2.42 bits per heavy atom. The van der Waals surface area contributed by atoms with Gasteiger partial charge in [0.2, 0.25) is 5.89 Å². The standard InChI is InChI=1S/C25H25ClF3NO3/c1-16-13-22(31-12-4-11-26)17(2)18(3)24(16)33-15-21-14-32-23(30-21)10-7-19-5-8-20(9-6-19)25(27,28)29/h5-10,13-14H,4,11-12,15H2,1-3H3/b10-7+. The monoisotopic (exact) mass is 479 g/mol. The normalized spacial score (nSPS) is 11.8. The van der Waals surface area contributed by atoms with Gasteiger partial charge in [-0.25, -0.2) is 4.98 Å². The number of nitrogens with zero attached hydrogens (tertiary/aromatic N) is 1. The predicted octanol–water partition coefficient (Wildman–Crippen LogP) is 7.38. The summed E-state index contributed by atoms with van der Waals surface area (Å²) in [6.07, 6.45) is 1.15. The van der Waals surface area contributed by atoms with E-state index in [1.807, 2.05) is 26.8 Å². The second-order valence-electron chi connectivity index (χ2n) is 7.58. The number of hydrogen-bond acceptors (Lipinski definition) is 4. The van der Waals surface area contributed by atoms with E-state index in [-0.39, 0.29) is 6.61 Å². The fraction of sp³-hybridized carbons (Fsp3) is 0.320. The van der Waals surface area contributed by atoms with Crippen LogP contribution in [-0.2, 0) is 12.8 Å². The van der Waals surface area contributed by atoms with Crippen LogP contribution >= 0.6 is 11.6 Å². The van der Waals surface area contributed by atoms with Crippen LogP contribution in [0.25, 0.3) is 12.2 Å². The molecule has 8 heteroatoms. The highest BCUT2D eigenvalue weighted by atomic mass is 35.5. The Kier molecular flexibility index (Phi) is 8.08. The molecule has 0 aliphatic carbocycles. The van der Waals surface area contributed by atoms with Gasteiger partial charge >= 0.3 is 6.18 Å². The number of hydrogen-bond donors (Lipinski definition) is 0. The van der Waals surface area contributed by atoms with Crippen LogP contribution in [0.3, 0.4) is 0 Å². The highest BCUT2D eigenvalue weighted by Crippen LogP contribution is 2.34. The minimum Gasteiger partial charge on any atom is -0.493 e. The Balaban J connectivity index is 1.63. The third-order valence-corrected chi connectivity index (χ3v) is 5.37. The second-order valence-corrected chi connectivity index (χ2v) is 7.96. The molecule has 0 aliphatic heterocycles. The molecule has 2 aromatic carbocycles. The fourth-order valence-electron chi connectivity index (χ4n) is 3.19. The lowest BCUT2D eigenvalue weighted by Crippen LogP contribution is -2.04. The number of oxazole rings is 1. The lowest BCUT2D eigenvalue weighted by molar-refractivity contribution is -0.137. The number of rotatable bonds is 9. The van der Waals surface area contributed by atoms with Gasteiger partial charge in [-0.1, -0.05) is 12.1 Å². The summed E-state index contributed by atoms with van der Waals surface area (Å²) in [5, 5.41) is 0. The van der Waals surface area contributed by atoms with E-state index in [1.165, 1.54) is 18.4 Å². The molecule has 3 aromatic rings. The summed E-state index contributed by atoms with van der Waals surface area (Å²) in [6.45, 7) is 6.69. The van der Waals surface area contributed by atoms with E-state index in [2.05, 4.69) is 4.98 Å². The Labute approximate surface area is 196 Å². The van der Waals surface area contributed by atoms with Crippen molar-refractivity contribution in [2.24, 2.45) is 0 Å². The number of alkyl halides is 4. The highest BCUT2D eigenvalue weighted by molar-refractivity contribution is 6.17. The molecule has 3 rings (SSSR count). The van der Waals surface area contributed by atoms with Crippen LogP contribution in [0.2, 0.25) is 0 Å². The molecule has 0 saturated carbocycles. The molecule has 0 atom stereocenters. The van der Waals surface area contributed by atoms with Gasteiger partial charge in [0.15, 0.2) is 0 Å². The molecule has 1 heterocycles. The van der Waals surface area contributed by atoms with Crippen molar-refractivity contribution in [3.63, 3.8) is 0 Å². The molecule has 0 amide bonds. The first-order valence-corrected chi connectivity index (χ1v) is 10.9. The molecule has 0 fully saturated rings. The van der Waals surface area contributed by atoms with Crippen molar-refractivity contribution in [3.8, 4) is 11.5 Å². The van der Waals surface area contributed by atoms with E-state index in [9.17, 15) is 13.2 Å². The fourth-order valence-corrected chi connectivity index (χ4v) is 3.30. The number of aryl methyl sites for hydroxylation is 1. The van der Waals surface area contributed by atoms with Crippen molar-refractivity contribution in [1.82, 2.24) is 4.98 Å². The molecule has 0 bridgehead atoms. The Morgan fingerprint density at radius 2 is 1.76 bits per heavy atom. The van der Waals surface area contributed by atoms with Crippen LogP contribution in [-0.4, -0.2) is 17.5 Å². The zero-order valence-corrected chi connectivity index (χ0v) is 19.4. The van der Waals surface area contributed by atoms with Crippen LogP contribution in [0.1, 0.15) is 45.8 Å². The smallest absolute Gasteiger partial charge is 0.416 e. The van der Waals surface area contributed by atoms with Crippen molar-refractivity contribution in [2.75, 3.05) is 12.5 Å². The van der Waals surface area contributed by atoms with Crippen molar-refractivity contribution < 1.29 is 27.1 Å². The quantitative estimate of drug-likeness (QED) is 0.237. The molecule has 176 valence electrons. The zero-order chi connectivity index (χ0) is 24.0. The number of halogens is 4. The number of ether oxygens (including phenoxy) is 2. The summed E-state index contributed by atoms with van der Waals surface area (Å²) < 4.78 is 55.2. The summed E-state index contributed by atoms with van der Waals surface area (Å²) in [5.41, 5.74) is 3.46. The largest absolute Gasteiger partial charge is 0.493 e. The average Bonchev–Trinajstić information content (AvgIpc) is 3.23. The van der Waals surface area contributed by atoms with Gasteiger partial charge in [0.1, 0.15) is 30.1 Å². The minimum absolute atomic E-state index is 0.213. The van der Waals surface area contributed by atoms with Crippen LogP contribution in [0.4, 0.5) is 13.2 Å². The molecular weight excluding hydrogens is 455 g/mol. The topological polar surface area (TPSA) is 44.5 Å². The summed E-state index contributed by atoms with van der Waals surface area (Å²) >= 11 is 5.71. The van der Waals surface area contributed by atoms with Crippen LogP contribution in [0.5, 0.6) is 11.5 Å². The molecule has 4 nitrogen and oxygen atoms in total. The van der Waals surface area contributed by atoms with Gasteiger partial charge < -0.3 is 13.9 Å².